The van der Waals surface area contributed by atoms with E-state index in [0.717, 1.165) is 51.6 Å². The van der Waals surface area contributed by atoms with Gasteiger partial charge in [-0.05, 0) is 79.3 Å². The van der Waals surface area contributed by atoms with E-state index in [9.17, 15) is 43.2 Å². The Kier molecular flexibility index (Phi) is 56.5. The first kappa shape index (κ1) is 88.8. The predicted molar refractivity (Wildman–Crippen MR) is 343 cm³/mol. The molecular weight excluding hydrogens is 1040 g/mol. The molecule has 82 heavy (non-hydrogen) atoms. The molecule has 0 spiro atoms. The Morgan fingerprint density at radius 3 is 1.10 bits per heavy atom. The van der Waals surface area contributed by atoms with Crippen molar-refractivity contribution in [2.75, 3.05) is 95.6 Å². The average Bonchev–Trinajstić information content (AvgIpc) is 4.06. The lowest BCUT2D eigenvalue weighted by molar-refractivity contribution is -0.136. The smallest absolute Gasteiger partial charge is 0.225 e. The van der Waals surface area contributed by atoms with E-state index in [4.69, 9.17) is 0 Å². The zero-order valence-electron chi connectivity index (χ0n) is 58.5. The number of ketones is 2. The van der Waals surface area contributed by atoms with E-state index in [2.05, 4.69) is 15.5 Å². The molecule has 1 heterocycles. The molecule has 0 bridgehead atoms. The van der Waals surface area contributed by atoms with Crippen LogP contribution in [0.5, 0.6) is 0 Å². The van der Waals surface area contributed by atoms with Gasteiger partial charge >= 0.3 is 0 Å². The number of Topliss-reactive ketones (excluding diaryl/α,β-unsaturated/α-hetero) is 2. The summed E-state index contributed by atoms with van der Waals surface area (Å²) in [5, 5.41) is 5.23. The Morgan fingerprint density at radius 2 is 0.866 bits per heavy atom. The molecule has 2 aliphatic carbocycles. The van der Waals surface area contributed by atoms with E-state index in [1.54, 1.807) is 42.8 Å². The maximum Gasteiger partial charge on any atom is 0.225 e. The van der Waals surface area contributed by atoms with Gasteiger partial charge in [-0.3, -0.25) is 43.2 Å². The van der Waals surface area contributed by atoms with E-state index in [-0.39, 0.29) is 88.6 Å². The number of amides is 7. The molecule has 2 N–H and O–H groups in total. The minimum absolute atomic E-state index is 0.0972. The molecule has 3 fully saturated rings. The summed E-state index contributed by atoms with van der Waals surface area (Å²) in [7, 11) is 14.8. The van der Waals surface area contributed by atoms with Crippen LogP contribution in [0, 0.1) is 59.2 Å². The average molecular weight is 1170 g/mol. The van der Waals surface area contributed by atoms with Crippen LogP contribution in [-0.2, 0) is 43.2 Å². The third kappa shape index (κ3) is 52.4. The van der Waals surface area contributed by atoms with Crippen LogP contribution in [0.15, 0.2) is 0 Å². The van der Waals surface area contributed by atoms with Crippen molar-refractivity contribution >= 4 is 52.9 Å². The fraction of sp³-hybridized carbons (Fsp3) is 0.862. The number of nitrogens with zero attached hydrogens (tertiary/aromatic N) is 6. The molecule has 0 radical (unpaired) electrons. The number of carbonyl (C=O) groups is 9. The van der Waals surface area contributed by atoms with E-state index < -0.39 is 0 Å². The molecule has 0 aromatic heterocycles. The third-order valence-corrected chi connectivity index (χ3v) is 13.2. The molecule has 3 rings (SSSR count). The summed E-state index contributed by atoms with van der Waals surface area (Å²) in [6.07, 6.45) is 12.1. The molecule has 0 atom stereocenters. The second kappa shape index (κ2) is 52.2. The van der Waals surface area contributed by atoms with Gasteiger partial charge in [0.2, 0.25) is 41.4 Å². The van der Waals surface area contributed by atoms with Crippen LogP contribution in [0.3, 0.4) is 0 Å². The van der Waals surface area contributed by atoms with Crippen molar-refractivity contribution in [1.29, 1.82) is 0 Å². The zero-order chi connectivity index (χ0) is 65.7. The fourth-order valence-corrected chi connectivity index (χ4v) is 6.88. The summed E-state index contributed by atoms with van der Waals surface area (Å²) in [4.78, 5) is 109. The highest BCUT2D eigenvalue weighted by Gasteiger charge is 2.26. The summed E-state index contributed by atoms with van der Waals surface area (Å²) < 4.78 is 0. The Hall–Kier alpha value is -4.41. The van der Waals surface area contributed by atoms with Gasteiger partial charge in [-0.25, -0.2) is 0 Å². The van der Waals surface area contributed by atoms with Crippen LogP contribution in [0.25, 0.3) is 0 Å². The first-order chi connectivity index (χ1) is 37.6. The van der Waals surface area contributed by atoms with Crippen LogP contribution < -0.4 is 10.6 Å². The highest BCUT2D eigenvalue weighted by Crippen LogP contribution is 2.33. The summed E-state index contributed by atoms with van der Waals surface area (Å²) in [6, 6.07) is 0.517. The van der Waals surface area contributed by atoms with Gasteiger partial charge in [0.1, 0.15) is 11.6 Å². The number of nitrogens with one attached hydrogen (secondary N) is 2. The van der Waals surface area contributed by atoms with Gasteiger partial charge < -0.3 is 40.0 Å². The molecule has 486 valence electrons. The van der Waals surface area contributed by atoms with Gasteiger partial charge in [0, 0.05) is 147 Å². The van der Waals surface area contributed by atoms with Gasteiger partial charge in [-0.1, -0.05) is 144 Å². The maximum atomic E-state index is 11.7. The molecule has 1 aliphatic heterocycles. The minimum atomic E-state index is 0.0972. The molecule has 7 amide bonds. The van der Waals surface area contributed by atoms with Crippen molar-refractivity contribution < 1.29 is 43.2 Å². The van der Waals surface area contributed by atoms with Crippen molar-refractivity contribution in [2.24, 2.45) is 59.2 Å². The minimum Gasteiger partial charge on any atom is -0.359 e. The zero-order valence-corrected chi connectivity index (χ0v) is 58.5. The van der Waals surface area contributed by atoms with Crippen molar-refractivity contribution in [3.8, 4) is 0 Å². The lowest BCUT2D eigenvalue weighted by Crippen LogP contribution is -2.40. The number of likely N-dealkylation sites (N-methyl/N-ethyl adjacent to an activating group) is 2. The molecule has 17 heteroatoms. The van der Waals surface area contributed by atoms with Crippen molar-refractivity contribution in [2.45, 2.75) is 216 Å². The predicted octanol–water partition coefficient (Wildman–Crippen LogP) is 10.6. The highest BCUT2D eigenvalue weighted by molar-refractivity contribution is 5.81. The molecule has 2 saturated carbocycles. The van der Waals surface area contributed by atoms with Gasteiger partial charge in [0.25, 0.3) is 0 Å². The normalized spacial score (nSPS) is 13.3. The van der Waals surface area contributed by atoms with E-state index in [1.165, 1.54) is 57.8 Å². The molecule has 0 unspecified atom stereocenters. The Morgan fingerprint density at radius 1 is 0.463 bits per heavy atom. The van der Waals surface area contributed by atoms with Gasteiger partial charge in [0.15, 0.2) is 0 Å². The number of hydrogen-bond donors (Lipinski definition) is 2. The van der Waals surface area contributed by atoms with Crippen LogP contribution in [-0.4, -0.2) is 184 Å². The number of likely N-dealkylation sites (tertiary alicyclic amines) is 1. The van der Waals surface area contributed by atoms with Gasteiger partial charge in [-0.2, -0.15) is 0 Å². The first-order valence-corrected chi connectivity index (χ1v) is 31.1. The van der Waals surface area contributed by atoms with Crippen molar-refractivity contribution in [3.63, 3.8) is 0 Å². The number of hydrogen-bond acceptors (Lipinski definition) is 10. The lowest BCUT2D eigenvalue weighted by atomic mass is 9.94. The topological polar surface area (TPSA) is 197 Å². The van der Waals surface area contributed by atoms with E-state index in [0.29, 0.717) is 23.6 Å². The first-order valence-electron chi connectivity index (χ1n) is 31.1. The standard InChI is InChI=1S/C11H21NO.C9H20N2O.C8H15NO.C8H14O.C7H15NO.2C6H13NO.C5H11NO.C5H10O/c1-9(2)11(13)12(3)10-7-5-4-6-8-10;1-8(2)9(12)11(5)7-6-10(3)4;1-7(2)8(10)9-5-3-4-6-9;1-6(2)8(9)5-7-3-4-7;1-5-8(4)7(9)6(2)3;1-5(2)6(8)7(3)4;1-4-7-6(8)5(2)3;1-4(2)5(7)6-3;1-4(2)5(3)6/h9-10H,4-8H2,1-3H3;8H,6-7H2,1-5H3;7H,3-6H2,1-2H3;6-7H,3-5H2,1-2H3;6H,5H2,1-4H3;5H,1-4H3;5H,4H2,1-3H3,(H,7,8);4H,1-3H3,(H,6,7);4H,1-3H3. The van der Waals surface area contributed by atoms with Crippen molar-refractivity contribution in [1.82, 2.24) is 40.0 Å². The lowest BCUT2D eigenvalue weighted by Gasteiger charge is -2.32. The second-order valence-corrected chi connectivity index (χ2v) is 25.0. The highest BCUT2D eigenvalue weighted by atomic mass is 16.2. The summed E-state index contributed by atoms with van der Waals surface area (Å²) in [6.45, 7) is 45.3. The monoisotopic (exact) mass is 1170 g/mol. The van der Waals surface area contributed by atoms with E-state index >= 15 is 0 Å². The SMILES string of the molecule is CC(=O)C(C)C.CC(C)C(=O)CC1CC1.CC(C)C(=O)N(C)C.CC(C)C(=O)N(C)C1CCCCC1.CC(C)C(=O)N(C)CCN(C)C.CC(C)C(=O)N1CCCC1.CCN(C)C(=O)C(C)C.CCNC(=O)C(C)C.CNC(=O)C(C)C. The number of rotatable bonds is 17. The summed E-state index contributed by atoms with van der Waals surface area (Å²) in [5.41, 5.74) is 0. The molecular formula is C65H132N8O9. The molecule has 3 aliphatic rings. The van der Waals surface area contributed by atoms with Crippen molar-refractivity contribution in [3.05, 3.63) is 0 Å². The summed E-state index contributed by atoms with van der Waals surface area (Å²) in [5.74, 6) is 4.33. The molecule has 1 saturated heterocycles. The van der Waals surface area contributed by atoms with Crippen LogP contribution in [0.2, 0.25) is 0 Å². The van der Waals surface area contributed by atoms with E-state index in [1.807, 2.05) is 184 Å². The molecule has 0 aromatic carbocycles. The summed E-state index contributed by atoms with van der Waals surface area (Å²) >= 11 is 0. The van der Waals surface area contributed by atoms with Gasteiger partial charge in [0.05, 0.1) is 0 Å². The third-order valence-electron chi connectivity index (χ3n) is 13.2. The Bertz CT molecular complexity index is 1700. The van der Waals surface area contributed by atoms with Gasteiger partial charge in [-0.15, -0.1) is 0 Å². The quantitative estimate of drug-likeness (QED) is 0.141. The number of carbonyl (C=O) groups excluding carboxylic acids is 9. The molecule has 17 nitrogen and oxygen atoms in total. The Balaban J connectivity index is -0.000000200. The molecule has 0 aromatic rings. The maximum absolute atomic E-state index is 11.7. The van der Waals surface area contributed by atoms with Crippen LogP contribution >= 0.6 is 0 Å². The van der Waals surface area contributed by atoms with Crippen LogP contribution in [0.4, 0.5) is 0 Å². The fourth-order valence-electron chi connectivity index (χ4n) is 6.88. The van der Waals surface area contributed by atoms with Crippen LogP contribution in [0.1, 0.15) is 210 Å². The second-order valence-electron chi connectivity index (χ2n) is 25.0. The Labute approximate surface area is 504 Å². The largest absolute Gasteiger partial charge is 0.359 e.